The van der Waals surface area contributed by atoms with Crippen LogP contribution in [0.2, 0.25) is 0 Å². The molecule has 17 heteroatoms. The normalized spacial score (nSPS) is 14.9. The summed E-state index contributed by atoms with van der Waals surface area (Å²) in [6.07, 6.45) is -2.43. The van der Waals surface area contributed by atoms with Crippen LogP contribution in [0.25, 0.3) is 22.3 Å². The summed E-state index contributed by atoms with van der Waals surface area (Å²) in [5.74, 6) is -1.28. The predicted octanol–water partition coefficient (Wildman–Crippen LogP) is 11.7. The van der Waals surface area contributed by atoms with Crippen molar-refractivity contribution in [3.8, 4) is 22.3 Å². The molecule has 0 aliphatic carbocycles. The van der Waals surface area contributed by atoms with Crippen LogP contribution in [0.3, 0.4) is 0 Å². The summed E-state index contributed by atoms with van der Waals surface area (Å²) in [6.45, 7) is 13.0. The van der Waals surface area contributed by atoms with Crippen LogP contribution >= 0.6 is 0 Å². The number of rotatable bonds is 6. The van der Waals surface area contributed by atoms with Gasteiger partial charge in [0.05, 0.1) is 5.56 Å². The molecule has 0 saturated carbocycles. The van der Waals surface area contributed by atoms with Gasteiger partial charge in [0.1, 0.15) is 22.8 Å². The van der Waals surface area contributed by atoms with Gasteiger partial charge in [0, 0.05) is 69.8 Å². The van der Waals surface area contributed by atoms with Crippen LogP contribution in [-0.2, 0) is 15.7 Å². The molecule has 4 aromatic carbocycles. The molecule has 6 amide bonds. The molecule has 356 valence electrons. The second-order valence-electron chi connectivity index (χ2n) is 18.4. The van der Waals surface area contributed by atoms with Crippen molar-refractivity contribution < 1.29 is 50.6 Å². The second-order valence-corrected chi connectivity index (χ2v) is 18.4. The van der Waals surface area contributed by atoms with Gasteiger partial charge in [0.2, 0.25) is 0 Å². The van der Waals surface area contributed by atoms with Gasteiger partial charge in [-0.05, 0) is 138 Å². The Kier molecular flexibility index (Phi) is 16.3. The van der Waals surface area contributed by atoms with Crippen molar-refractivity contribution in [2.75, 3.05) is 50.9 Å². The molecule has 0 radical (unpaired) electrons. The number of nitrogens with zero attached hydrogens (tertiary/aromatic N) is 4. The molecule has 2 heterocycles. The Balaban J connectivity index is 0.000000248. The zero-order valence-corrected chi connectivity index (χ0v) is 38.6. The lowest BCUT2D eigenvalue weighted by atomic mass is 10.0. The van der Waals surface area contributed by atoms with Crippen LogP contribution in [0, 0.1) is 11.6 Å². The van der Waals surface area contributed by atoms with E-state index in [1.54, 1.807) is 82.2 Å². The smallest absolute Gasteiger partial charge is 0.416 e. The number of halogens is 5. The Bertz CT molecular complexity index is 2260. The number of carbonyl (C=O) groups is 4. The van der Waals surface area contributed by atoms with Gasteiger partial charge < -0.3 is 39.7 Å². The van der Waals surface area contributed by atoms with E-state index in [2.05, 4.69) is 10.6 Å². The highest BCUT2D eigenvalue weighted by atomic mass is 19.4. The van der Waals surface area contributed by atoms with E-state index in [4.69, 9.17) is 9.47 Å². The number of carbonyl (C=O) groups excluding carboxylic acids is 4. The van der Waals surface area contributed by atoms with Gasteiger partial charge in [0.25, 0.3) is 0 Å². The van der Waals surface area contributed by atoms with E-state index in [1.165, 1.54) is 24.3 Å². The van der Waals surface area contributed by atoms with Crippen LogP contribution in [0.5, 0.6) is 0 Å². The second kappa shape index (κ2) is 21.3. The Morgan fingerprint density at radius 1 is 0.530 bits per heavy atom. The minimum atomic E-state index is -4.37. The van der Waals surface area contributed by atoms with Crippen LogP contribution in [-0.4, -0.2) is 107 Å². The fourth-order valence-electron chi connectivity index (χ4n) is 7.34. The first kappa shape index (κ1) is 50.6. The Hall–Kier alpha value is -6.39. The first-order valence-corrected chi connectivity index (χ1v) is 21.7. The molecule has 0 aromatic heterocycles. The van der Waals surface area contributed by atoms with Crippen molar-refractivity contribution in [3.63, 3.8) is 0 Å². The number of piperidine rings is 2. The zero-order chi connectivity index (χ0) is 48.6. The monoisotopic (exact) mass is 922 g/mol. The lowest BCUT2D eigenvalue weighted by Gasteiger charge is -2.37. The summed E-state index contributed by atoms with van der Waals surface area (Å²) in [6, 6.07) is 21.5. The van der Waals surface area contributed by atoms with E-state index in [0.717, 1.165) is 23.8 Å². The average molecular weight is 923 g/mol. The van der Waals surface area contributed by atoms with Crippen molar-refractivity contribution in [1.82, 2.24) is 19.6 Å². The fourth-order valence-corrected chi connectivity index (χ4v) is 7.34. The Labute approximate surface area is 383 Å². The maximum absolute atomic E-state index is 13.4. The molecule has 2 aliphatic heterocycles. The number of amides is 6. The highest BCUT2D eigenvalue weighted by Crippen LogP contribution is 2.32. The molecule has 2 fully saturated rings. The van der Waals surface area contributed by atoms with Crippen LogP contribution < -0.4 is 10.6 Å². The summed E-state index contributed by atoms with van der Waals surface area (Å²) >= 11 is 0. The summed E-state index contributed by atoms with van der Waals surface area (Å²) in [5, 5.41) is 5.68. The van der Waals surface area contributed by atoms with Crippen LogP contribution in [0.4, 0.5) is 52.5 Å². The van der Waals surface area contributed by atoms with E-state index in [1.807, 2.05) is 41.5 Å². The molecular weight excluding hydrogens is 864 g/mol. The van der Waals surface area contributed by atoms with E-state index in [0.29, 0.717) is 79.9 Å². The summed E-state index contributed by atoms with van der Waals surface area (Å²) in [5.41, 5.74) is 1.84. The number of likely N-dealkylation sites (tertiary alicyclic amines) is 2. The van der Waals surface area contributed by atoms with Crippen molar-refractivity contribution in [2.45, 2.75) is 96.7 Å². The molecule has 2 N–H and O–H groups in total. The van der Waals surface area contributed by atoms with Crippen LogP contribution in [0.1, 0.15) is 72.8 Å². The van der Waals surface area contributed by atoms with Gasteiger partial charge in [-0.15, -0.1) is 0 Å². The number of hydrogen-bond donors (Lipinski definition) is 2. The first-order chi connectivity index (χ1) is 30.8. The number of alkyl halides is 3. The summed E-state index contributed by atoms with van der Waals surface area (Å²) in [7, 11) is 3.45. The summed E-state index contributed by atoms with van der Waals surface area (Å²) in [4.78, 5) is 56.4. The summed E-state index contributed by atoms with van der Waals surface area (Å²) < 4.78 is 75.9. The number of ether oxygens (including phenoxy) is 2. The first-order valence-electron chi connectivity index (χ1n) is 21.7. The SMILES string of the molecule is CN(C(=O)Nc1ccc(-c2cc(F)cc(F)c2)cc1)C1CCN(C(=O)OC(C)(C)C)CC1.CN(C(=O)Nc1ccc(-c2ccc(C(F)(F)F)cc2)cc1)C1CCN(C(=O)OC(C)(C)C)CC1. The maximum atomic E-state index is 13.4. The molecule has 0 unspecified atom stereocenters. The van der Waals surface area contributed by atoms with Crippen LogP contribution in [0.15, 0.2) is 91.0 Å². The number of nitrogens with one attached hydrogen (secondary N) is 2. The highest BCUT2D eigenvalue weighted by molar-refractivity contribution is 5.90. The molecular formula is C49H59F5N6O6. The Morgan fingerprint density at radius 2 is 0.848 bits per heavy atom. The minimum absolute atomic E-state index is 0.00299. The molecule has 0 bridgehead atoms. The number of urea groups is 2. The molecule has 0 spiro atoms. The number of benzene rings is 4. The van der Waals surface area contributed by atoms with E-state index >= 15 is 0 Å². The third kappa shape index (κ3) is 14.8. The van der Waals surface area contributed by atoms with Crippen molar-refractivity contribution in [2.24, 2.45) is 0 Å². The van der Waals surface area contributed by atoms with Gasteiger partial charge >= 0.3 is 30.4 Å². The third-order valence-corrected chi connectivity index (χ3v) is 11.0. The highest BCUT2D eigenvalue weighted by Gasteiger charge is 2.32. The Morgan fingerprint density at radius 3 is 1.17 bits per heavy atom. The van der Waals surface area contributed by atoms with Gasteiger partial charge in [-0.2, -0.15) is 13.2 Å². The lowest BCUT2D eigenvalue weighted by Crippen LogP contribution is -2.49. The lowest BCUT2D eigenvalue weighted by molar-refractivity contribution is -0.137. The quantitative estimate of drug-likeness (QED) is 0.186. The van der Waals surface area contributed by atoms with Crippen molar-refractivity contribution in [1.29, 1.82) is 0 Å². The molecule has 6 rings (SSSR count). The maximum Gasteiger partial charge on any atom is 0.416 e. The average Bonchev–Trinajstić information content (AvgIpc) is 3.25. The van der Waals surface area contributed by atoms with E-state index < -0.39 is 34.6 Å². The van der Waals surface area contributed by atoms with Gasteiger partial charge in [-0.1, -0.05) is 36.4 Å². The topological polar surface area (TPSA) is 124 Å². The molecule has 2 saturated heterocycles. The third-order valence-electron chi connectivity index (χ3n) is 11.0. The van der Waals surface area contributed by atoms with Crippen molar-refractivity contribution >= 4 is 35.6 Å². The fraction of sp³-hybridized carbons (Fsp3) is 0.429. The number of hydrogen-bond acceptors (Lipinski definition) is 6. The molecule has 4 aromatic rings. The van der Waals surface area contributed by atoms with E-state index in [-0.39, 0.29) is 36.3 Å². The number of anilines is 2. The van der Waals surface area contributed by atoms with Gasteiger partial charge in [-0.3, -0.25) is 0 Å². The minimum Gasteiger partial charge on any atom is -0.444 e. The molecule has 66 heavy (non-hydrogen) atoms. The molecule has 0 atom stereocenters. The van der Waals surface area contributed by atoms with Gasteiger partial charge in [-0.25, -0.2) is 28.0 Å². The zero-order valence-electron chi connectivity index (χ0n) is 38.6. The molecule has 2 aliphatic rings. The largest absolute Gasteiger partial charge is 0.444 e. The standard InChI is InChI=1S/C25H30F3N3O3.C24H29F2N3O3/c1-24(2,3)34-23(33)31-15-13-21(14-16-31)30(4)22(32)29-20-11-7-18(8-12-20)17-5-9-19(10-6-17)25(26,27)28;1-24(2,3)32-23(31)29-11-9-21(10-12-29)28(4)22(30)27-20-7-5-16(6-8-20)17-13-18(25)15-19(26)14-17/h5-12,21H,13-16H2,1-4H3,(H,29,32);5-8,13-15,21H,9-12H2,1-4H3,(H,27,30). The molecule has 12 nitrogen and oxygen atoms in total. The van der Waals surface area contributed by atoms with E-state index in [9.17, 15) is 41.1 Å². The van der Waals surface area contributed by atoms with Gasteiger partial charge in [0.15, 0.2) is 0 Å². The predicted molar refractivity (Wildman–Crippen MR) is 244 cm³/mol. The van der Waals surface area contributed by atoms with Crippen molar-refractivity contribution in [3.05, 3.63) is 108 Å².